The number of fused-ring (bicyclic) bond motifs is 1. The van der Waals surface area contributed by atoms with Crippen LogP contribution in [0.3, 0.4) is 0 Å². The molecule has 2 rings (SSSR count). The molecule has 2 aliphatic heterocycles. The number of nitrogens with zero attached hydrogens (tertiary/aromatic N) is 3. The van der Waals surface area contributed by atoms with Gasteiger partial charge in [-0.15, -0.1) is 0 Å². The first-order valence-electron chi connectivity index (χ1n) is 6.80. The first kappa shape index (κ1) is 14.2. The molecule has 19 heavy (non-hydrogen) atoms. The van der Waals surface area contributed by atoms with Crippen LogP contribution in [0.1, 0.15) is 27.7 Å². The number of hydrogen-bond donors (Lipinski definition) is 1. The minimum Gasteiger partial charge on any atom is -0.395 e. The summed E-state index contributed by atoms with van der Waals surface area (Å²) in [6.07, 6.45) is 0. The number of piperazine rings is 1. The van der Waals surface area contributed by atoms with E-state index < -0.39 is 0 Å². The molecule has 1 saturated heterocycles. The summed E-state index contributed by atoms with van der Waals surface area (Å²) >= 11 is 0. The van der Waals surface area contributed by atoms with E-state index in [1.54, 1.807) is 6.92 Å². The molecule has 5 heteroatoms. The Kier molecular flexibility index (Phi) is 4.06. The van der Waals surface area contributed by atoms with Crippen molar-refractivity contribution in [2.45, 2.75) is 39.8 Å². The molecule has 1 N–H and O–H groups in total. The van der Waals surface area contributed by atoms with Gasteiger partial charge in [-0.1, -0.05) is 0 Å². The zero-order valence-electron chi connectivity index (χ0n) is 12.2. The van der Waals surface area contributed by atoms with Crippen molar-refractivity contribution in [3.8, 4) is 0 Å². The number of rotatable bonds is 3. The molecule has 2 atom stereocenters. The molecule has 0 spiro atoms. The SMILES string of the molecule is CC(=O)CN1CC2=C(C)C(C)N=C(C)N2CC1CO. The predicted octanol–water partition coefficient (Wildman–Crippen LogP) is 0.648. The lowest BCUT2D eigenvalue weighted by atomic mass is 10.0. The lowest BCUT2D eigenvalue weighted by Gasteiger charge is -2.45. The van der Waals surface area contributed by atoms with Crippen LogP contribution in [0, 0.1) is 0 Å². The van der Waals surface area contributed by atoms with E-state index in [0.29, 0.717) is 19.6 Å². The molecule has 2 heterocycles. The fourth-order valence-electron chi connectivity index (χ4n) is 2.84. The maximum atomic E-state index is 11.4. The van der Waals surface area contributed by atoms with Crippen LogP contribution in [0.25, 0.3) is 0 Å². The van der Waals surface area contributed by atoms with E-state index in [1.807, 2.05) is 6.92 Å². The normalized spacial score (nSPS) is 28.3. The van der Waals surface area contributed by atoms with Crippen molar-refractivity contribution >= 4 is 11.6 Å². The summed E-state index contributed by atoms with van der Waals surface area (Å²) in [5.74, 6) is 1.15. The van der Waals surface area contributed by atoms with E-state index in [1.165, 1.54) is 11.3 Å². The first-order valence-corrected chi connectivity index (χ1v) is 6.80. The van der Waals surface area contributed by atoms with Gasteiger partial charge in [0.05, 0.1) is 25.2 Å². The lowest BCUT2D eigenvalue weighted by molar-refractivity contribution is -0.119. The second-order valence-electron chi connectivity index (χ2n) is 5.54. The lowest BCUT2D eigenvalue weighted by Crippen LogP contribution is -2.57. The third-order valence-corrected chi connectivity index (χ3v) is 4.08. The average molecular weight is 265 g/mol. The number of carbonyl (C=O) groups excluding carboxylic acids is 1. The molecule has 0 radical (unpaired) electrons. The fraction of sp³-hybridized carbons (Fsp3) is 0.714. The van der Waals surface area contributed by atoms with Crippen LogP contribution in [-0.2, 0) is 4.79 Å². The molecular weight excluding hydrogens is 242 g/mol. The summed E-state index contributed by atoms with van der Waals surface area (Å²) < 4.78 is 0. The van der Waals surface area contributed by atoms with Crippen LogP contribution in [0.15, 0.2) is 16.3 Å². The molecule has 0 bridgehead atoms. The Morgan fingerprint density at radius 2 is 2.16 bits per heavy atom. The van der Waals surface area contributed by atoms with Gasteiger partial charge in [-0.25, -0.2) is 0 Å². The Hall–Kier alpha value is -1.20. The highest BCUT2D eigenvalue weighted by Gasteiger charge is 2.34. The Balaban J connectivity index is 2.27. The smallest absolute Gasteiger partial charge is 0.143 e. The summed E-state index contributed by atoms with van der Waals surface area (Å²) in [4.78, 5) is 20.2. The van der Waals surface area contributed by atoms with E-state index in [0.717, 1.165) is 5.84 Å². The van der Waals surface area contributed by atoms with Gasteiger partial charge in [-0.2, -0.15) is 0 Å². The number of ketones is 1. The minimum atomic E-state index is -0.000920. The number of aliphatic hydroxyl groups is 1. The van der Waals surface area contributed by atoms with Gasteiger partial charge in [0, 0.05) is 18.8 Å². The Bertz CT molecular complexity index is 442. The van der Waals surface area contributed by atoms with Crippen LogP contribution in [0.5, 0.6) is 0 Å². The predicted molar refractivity (Wildman–Crippen MR) is 75.1 cm³/mol. The van der Waals surface area contributed by atoms with Crippen LogP contribution in [-0.4, -0.2) is 64.9 Å². The van der Waals surface area contributed by atoms with Crippen molar-refractivity contribution < 1.29 is 9.90 Å². The summed E-state index contributed by atoms with van der Waals surface area (Å²) in [6, 6.07) is 0.204. The molecule has 5 nitrogen and oxygen atoms in total. The Morgan fingerprint density at radius 1 is 1.47 bits per heavy atom. The number of carbonyl (C=O) groups is 1. The highest BCUT2D eigenvalue weighted by atomic mass is 16.3. The molecule has 0 aromatic rings. The topological polar surface area (TPSA) is 56.1 Å². The molecule has 2 aliphatic rings. The second-order valence-corrected chi connectivity index (χ2v) is 5.54. The van der Waals surface area contributed by atoms with Crippen LogP contribution in [0.2, 0.25) is 0 Å². The number of Topliss-reactive ketones (excluding diaryl/α,β-unsaturated/α-hetero) is 1. The van der Waals surface area contributed by atoms with E-state index in [9.17, 15) is 9.90 Å². The third kappa shape index (κ3) is 2.72. The van der Waals surface area contributed by atoms with Gasteiger partial charge in [-0.3, -0.25) is 14.7 Å². The summed E-state index contributed by atoms with van der Waals surface area (Å²) in [6.45, 7) is 9.70. The van der Waals surface area contributed by atoms with Gasteiger partial charge >= 0.3 is 0 Å². The summed E-state index contributed by atoms with van der Waals surface area (Å²) in [5, 5.41) is 9.53. The highest BCUT2D eigenvalue weighted by Crippen LogP contribution is 2.27. The second kappa shape index (κ2) is 5.43. The van der Waals surface area contributed by atoms with Gasteiger partial charge in [-0.05, 0) is 33.3 Å². The number of aliphatic imine (C=N–C) groups is 1. The zero-order chi connectivity index (χ0) is 14.2. The van der Waals surface area contributed by atoms with Crippen molar-refractivity contribution in [3.05, 3.63) is 11.3 Å². The van der Waals surface area contributed by atoms with Crippen molar-refractivity contribution in [2.75, 3.05) is 26.2 Å². The molecule has 0 saturated carbocycles. The molecule has 1 fully saturated rings. The molecular formula is C14H23N3O2. The van der Waals surface area contributed by atoms with Crippen LogP contribution < -0.4 is 0 Å². The largest absolute Gasteiger partial charge is 0.395 e. The van der Waals surface area contributed by atoms with E-state index in [4.69, 9.17) is 0 Å². The Labute approximate surface area is 114 Å². The molecule has 0 aromatic heterocycles. The maximum Gasteiger partial charge on any atom is 0.143 e. The number of amidine groups is 1. The zero-order valence-corrected chi connectivity index (χ0v) is 12.2. The molecule has 106 valence electrons. The molecule has 2 unspecified atom stereocenters. The van der Waals surface area contributed by atoms with Gasteiger partial charge < -0.3 is 10.0 Å². The molecule has 0 amide bonds. The van der Waals surface area contributed by atoms with Gasteiger partial charge in [0.15, 0.2) is 0 Å². The monoisotopic (exact) mass is 265 g/mol. The third-order valence-electron chi connectivity index (χ3n) is 4.08. The van der Waals surface area contributed by atoms with Crippen molar-refractivity contribution in [3.63, 3.8) is 0 Å². The first-order chi connectivity index (χ1) is 8.93. The van der Waals surface area contributed by atoms with E-state index >= 15 is 0 Å². The fourth-order valence-corrected chi connectivity index (χ4v) is 2.84. The summed E-state index contributed by atoms with van der Waals surface area (Å²) in [7, 11) is 0. The van der Waals surface area contributed by atoms with Crippen molar-refractivity contribution in [1.82, 2.24) is 9.80 Å². The standard InChI is InChI=1S/C14H23N3O2/c1-9(19)5-16-7-14-10(2)11(3)15-12(4)17(14)6-13(16)8-18/h11,13,18H,5-8H2,1-4H3. The van der Waals surface area contributed by atoms with Gasteiger partial charge in [0.1, 0.15) is 11.6 Å². The van der Waals surface area contributed by atoms with Crippen molar-refractivity contribution in [2.24, 2.45) is 4.99 Å². The van der Waals surface area contributed by atoms with Crippen LogP contribution in [0.4, 0.5) is 0 Å². The van der Waals surface area contributed by atoms with Gasteiger partial charge in [0.2, 0.25) is 0 Å². The van der Waals surface area contributed by atoms with Gasteiger partial charge in [0.25, 0.3) is 0 Å². The van der Waals surface area contributed by atoms with Crippen molar-refractivity contribution in [1.29, 1.82) is 0 Å². The number of hydrogen-bond acceptors (Lipinski definition) is 5. The summed E-state index contributed by atoms with van der Waals surface area (Å²) in [5.41, 5.74) is 2.50. The minimum absolute atomic E-state index is 0.000920. The Morgan fingerprint density at radius 3 is 2.74 bits per heavy atom. The van der Waals surface area contributed by atoms with E-state index in [-0.39, 0.29) is 24.5 Å². The molecule has 0 aliphatic carbocycles. The maximum absolute atomic E-state index is 11.4. The quantitative estimate of drug-likeness (QED) is 0.814. The average Bonchev–Trinajstić information content (AvgIpc) is 2.35. The van der Waals surface area contributed by atoms with Crippen LogP contribution >= 0.6 is 0 Å². The highest BCUT2D eigenvalue weighted by molar-refractivity contribution is 5.83. The molecule has 0 aromatic carbocycles. The van der Waals surface area contributed by atoms with E-state index in [2.05, 4.69) is 28.6 Å². The number of aliphatic hydroxyl groups excluding tert-OH is 1.